The van der Waals surface area contributed by atoms with Crippen molar-refractivity contribution >= 4 is 59.1 Å². The van der Waals surface area contributed by atoms with Gasteiger partial charge in [0.2, 0.25) is 0 Å². The van der Waals surface area contributed by atoms with E-state index in [1.807, 2.05) is 0 Å². The lowest BCUT2D eigenvalue weighted by Gasteiger charge is -2.13. The molecule has 1 unspecified atom stereocenters. The number of hydrogen-bond donors (Lipinski definition) is 0. The maximum absolute atomic E-state index is 13.3. The molecule has 0 saturated carbocycles. The molecule has 0 N–H and O–H groups in total. The summed E-state index contributed by atoms with van der Waals surface area (Å²) in [5.74, 6) is -1.27. The Bertz CT molecular complexity index is 617. The van der Waals surface area contributed by atoms with Crippen LogP contribution in [0, 0.1) is 5.82 Å². The lowest BCUT2D eigenvalue weighted by Crippen LogP contribution is -2.09. The third-order valence-electron chi connectivity index (χ3n) is 2.50. The van der Waals surface area contributed by atoms with Gasteiger partial charge in [-0.15, -0.1) is 11.3 Å². The van der Waals surface area contributed by atoms with Crippen LogP contribution in [0.5, 0.6) is 0 Å². The molecule has 0 aliphatic heterocycles. The molecule has 0 bridgehead atoms. The van der Waals surface area contributed by atoms with Crippen LogP contribution in [-0.4, -0.2) is 0 Å². The van der Waals surface area contributed by atoms with E-state index in [0.717, 1.165) is 25.3 Å². The zero-order chi connectivity index (χ0) is 15.1. The lowest BCUT2D eigenvalue weighted by atomic mass is 10.1. The zero-order valence-corrected chi connectivity index (χ0v) is 15.0. The summed E-state index contributed by atoms with van der Waals surface area (Å²) in [5, 5.41) is 0. The van der Waals surface area contributed by atoms with Crippen molar-refractivity contribution in [2.24, 2.45) is 0 Å². The Morgan fingerprint density at radius 1 is 1.10 bits per heavy atom. The van der Waals surface area contributed by atoms with Crippen LogP contribution in [0.15, 0.2) is 32.5 Å². The molecule has 1 atom stereocenters. The van der Waals surface area contributed by atoms with Gasteiger partial charge in [0, 0.05) is 9.35 Å². The Kier molecular flexibility index (Phi) is 4.98. The van der Waals surface area contributed by atoms with Crippen molar-refractivity contribution in [3.63, 3.8) is 0 Å². The summed E-state index contributed by atoms with van der Waals surface area (Å²) in [6.07, 6.45) is -4.70. The normalized spacial score (nSPS) is 13.6. The van der Waals surface area contributed by atoms with Gasteiger partial charge >= 0.3 is 6.18 Å². The minimum absolute atomic E-state index is 0.347. The topological polar surface area (TPSA) is 0 Å². The first-order valence-electron chi connectivity index (χ1n) is 5.15. The van der Waals surface area contributed by atoms with Crippen LogP contribution in [0.3, 0.4) is 0 Å². The molecule has 0 nitrogen and oxygen atoms in total. The summed E-state index contributed by atoms with van der Waals surface area (Å²) in [7, 11) is 0. The summed E-state index contributed by atoms with van der Waals surface area (Å²) < 4.78 is 53.0. The highest BCUT2D eigenvalue weighted by Crippen LogP contribution is 2.42. The fourth-order valence-electron chi connectivity index (χ4n) is 1.57. The summed E-state index contributed by atoms with van der Waals surface area (Å²) in [6.45, 7) is 0. The van der Waals surface area contributed by atoms with Crippen LogP contribution >= 0.6 is 59.1 Å². The zero-order valence-electron chi connectivity index (χ0n) is 9.44. The molecule has 0 saturated heterocycles. The summed E-state index contributed by atoms with van der Waals surface area (Å²) in [5.41, 5.74) is -0.908. The number of thiophene rings is 1. The fourth-order valence-corrected chi connectivity index (χ4v) is 4.36. The second-order valence-electron chi connectivity index (χ2n) is 3.87. The first-order chi connectivity index (χ1) is 9.20. The number of hydrogen-bond acceptors (Lipinski definition) is 1. The number of alkyl halides is 4. The highest BCUT2D eigenvalue weighted by molar-refractivity contribution is 9.13. The molecule has 0 spiro atoms. The fraction of sp³-hybridized carbons (Fsp3) is 0.167. The van der Waals surface area contributed by atoms with E-state index in [-0.39, 0.29) is 0 Å². The molecule has 108 valence electrons. The number of benzene rings is 1. The Hall–Kier alpha value is 0.0800. The van der Waals surface area contributed by atoms with E-state index in [1.165, 1.54) is 17.4 Å². The SMILES string of the molecule is Fc1ccc(C(Br)c2cc(Br)c(Br)s2)cc1C(F)(F)F. The maximum atomic E-state index is 13.3. The van der Waals surface area contributed by atoms with Crippen LogP contribution in [0.2, 0.25) is 0 Å². The van der Waals surface area contributed by atoms with Crippen LogP contribution in [0.25, 0.3) is 0 Å². The van der Waals surface area contributed by atoms with E-state index in [4.69, 9.17) is 0 Å². The molecule has 2 rings (SSSR count). The van der Waals surface area contributed by atoms with Crippen molar-refractivity contribution in [2.75, 3.05) is 0 Å². The van der Waals surface area contributed by atoms with E-state index >= 15 is 0 Å². The first kappa shape index (κ1) is 16.5. The van der Waals surface area contributed by atoms with Gasteiger partial charge in [0.15, 0.2) is 0 Å². The monoisotopic (exact) mass is 494 g/mol. The molecule has 0 aliphatic rings. The third-order valence-corrected chi connectivity index (χ3v) is 7.15. The van der Waals surface area contributed by atoms with E-state index in [0.29, 0.717) is 5.56 Å². The van der Waals surface area contributed by atoms with Crippen molar-refractivity contribution < 1.29 is 17.6 Å². The molecule has 1 aromatic heterocycles. The molecule has 2 aromatic rings. The van der Waals surface area contributed by atoms with Crippen molar-refractivity contribution in [3.05, 3.63) is 54.3 Å². The van der Waals surface area contributed by atoms with Gasteiger partial charge in [-0.3, -0.25) is 0 Å². The van der Waals surface area contributed by atoms with Gasteiger partial charge in [-0.05, 0) is 55.6 Å². The predicted molar refractivity (Wildman–Crippen MR) is 81.9 cm³/mol. The Morgan fingerprint density at radius 2 is 1.75 bits per heavy atom. The van der Waals surface area contributed by atoms with Crippen molar-refractivity contribution in [3.8, 4) is 0 Å². The molecular formula is C12H5Br3F4S. The molecule has 0 amide bonds. The molecule has 20 heavy (non-hydrogen) atoms. The van der Waals surface area contributed by atoms with Gasteiger partial charge in [-0.1, -0.05) is 22.0 Å². The number of halogens is 7. The highest BCUT2D eigenvalue weighted by Gasteiger charge is 2.34. The Morgan fingerprint density at radius 3 is 2.25 bits per heavy atom. The minimum Gasteiger partial charge on any atom is -0.206 e. The second kappa shape index (κ2) is 6.06. The standard InChI is InChI=1S/C12H5Br3F4S/c13-7-4-9(20-11(7)15)10(14)5-1-2-8(16)6(3-5)12(17,18)19/h1-4,10H. The number of rotatable bonds is 2. The third kappa shape index (κ3) is 3.45. The molecule has 8 heteroatoms. The second-order valence-corrected chi connectivity index (χ2v) is 8.04. The minimum atomic E-state index is -4.70. The molecule has 0 aliphatic carbocycles. The van der Waals surface area contributed by atoms with E-state index in [9.17, 15) is 17.6 Å². The average molecular weight is 497 g/mol. The van der Waals surface area contributed by atoms with Crippen LogP contribution in [-0.2, 0) is 6.18 Å². The summed E-state index contributed by atoms with van der Waals surface area (Å²) in [4.78, 5) is 0.375. The van der Waals surface area contributed by atoms with Crippen LogP contribution < -0.4 is 0 Å². The highest BCUT2D eigenvalue weighted by atomic mass is 79.9. The van der Waals surface area contributed by atoms with Crippen LogP contribution in [0.1, 0.15) is 20.8 Å². The van der Waals surface area contributed by atoms with E-state index in [1.54, 1.807) is 6.07 Å². The Balaban J connectivity index is 2.43. The average Bonchev–Trinajstić information content (AvgIpc) is 2.68. The smallest absolute Gasteiger partial charge is 0.206 e. The maximum Gasteiger partial charge on any atom is 0.419 e. The Labute approximate surface area is 141 Å². The predicted octanol–water partition coefficient (Wildman–Crippen LogP) is 6.92. The summed E-state index contributed by atoms with van der Waals surface area (Å²) in [6, 6.07) is 4.80. The molecule has 1 aromatic carbocycles. The molecule has 0 fully saturated rings. The molecule has 0 radical (unpaired) electrons. The van der Waals surface area contributed by atoms with Gasteiger partial charge in [0.25, 0.3) is 0 Å². The molecule has 1 heterocycles. The van der Waals surface area contributed by atoms with Crippen molar-refractivity contribution in [1.82, 2.24) is 0 Å². The van der Waals surface area contributed by atoms with Gasteiger partial charge in [0.05, 0.1) is 14.2 Å². The largest absolute Gasteiger partial charge is 0.419 e. The van der Waals surface area contributed by atoms with Gasteiger partial charge in [0.1, 0.15) is 5.82 Å². The quantitative estimate of drug-likeness (QED) is 0.313. The van der Waals surface area contributed by atoms with Crippen LogP contribution in [0.4, 0.5) is 17.6 Å². The van der Waals surface area contributed by atoms with Crippen molar-refractivity contribution in [2.45, 2.75) is 11.0 Å². The van der Waals surface area contributed by atoms with Gasteiger partial charge in [-0.2, -0.15) is 13.2 Å². The van der Waals surface area contributed by atoms with Gasteiger partial charge < -0.3 is 0 Å². The molecular weight excluding hydrogens is 492 g/mol. The first-order valence-corrected chi connectivity index (χ1v) is 8.47. The van der Waals surface area contributed by atoms with Gasteiger partial charge in [-0.25, -0.2) is 4.39 Å². The van der Waals surface area contributed by atoms with Crippen molar-refractivity contribution in [1.29, 1.82) is 0 Å². The van der Waals surface area contributed by atoms with E-state index < -0.39 is 22.4 Å². The summed E-state index contributed by atoms with van der Waals surface area (Å²) >= 11 is 11.4. The lowest BCUT2D eigenvalue weighted by molar-refractivity contribution is -0.140. The van der Waals surface area contributed by atoms with E-state index in [2.05, 4.69) is 47.8 Å².